The highest BCUT2D eigenvalue weighted by Crippen LogP contribution is 2.27. The Morgan fingerprint density at radius 2 is 1.83 bits per heavy atom. The number of aromatic amines is 1. The molecule has 2 N–H and O–H groups in total. The molecule has 5 nitrogen and oxygen atoms in total. The third-order valence-corrected chi connectivity index (χ3v) is 5.35. The summed E-state index contributed by atoms with van der Waals surface area (Å²) in [5, 5.41) is 4.12. The van der Waals surface area contributed by atoms with Gasteiger partial charge in [0.1, 0.15) is 0 Å². The van der Waals surface area contributed by atoms with Crippen LogP contribution in [0, 0.1) is 6.92 Å². The fourth-order valence-electron chi connectivity index (χ4n) is 3.64. The number of ether oxygens (including phenoxy) is 1. The summed E-state index contributed by atoms with van der Waals surface area (Å²) in [6.45, 7) is 7.74. The molecule has 3 aromatic rings. The molecular formula is C25H30N2O3. The van der Waals surface area contributed by atoms with Crippen LogP contribution in [0.5, 0.6) is 0 Å². The van der Waals surface area contributed by atoms with E-state index in [1.807, 2.05) is 49.5 Å². The molecule has 1 atom stereocenters. The SMILES string of the molecule is Cc1cccc(C(C)C)c1NC(=O)[C@H](C)OC(=O)CCCc1c[nH]c2ccccc12. The minimum atomic E-state index is -0.842. The highest BCUT2D eigenvalue weighted by atomic mass is 16.5. The van der Waals surface area contributed by atoms with Gasteiger partial charge in [-0.3, -0.25) is 9.59 Å². The summed E-state index contributed by atoms with van der Waals surface area (Å²) in [7, 11) is 0. The zero-order chi connectivity index (χ0) is 21.7. The molecule has 0 aliphatic carbocycles. The van der Waals surface area contributed by atoms with Gasteiger partial charge in [-0.15, -0.1) is 0 Å². The van der Waals surface area contributed by atoms with Gasteiger partial charge in [-0.25, -0.2) is 0 Å². The van der Waals surface area contributed by atoms with Crippen LogP contribution in [0.3, 0.4) is 0 Å². The van der Waals surface area contributed by atoms with Gasteiger partial charge >= 0.3 is 5.97 Å². The Balaban J connectivity index is 1.51. The van der Waals surface area contributed by atoms with Crippen molar-refractivity contribution in [1.82, 2.24) is 4.98 Å². The van der Waals surface area contributed by atoms with Crippen LogP contribution in [0.15, 0.2) is 48.7 Å². The van der Waals surface area contributed by atoms with Crippen molar-refractivity contribution in [2.45, 2.75) is 59.0 Å². The van der Waals surface area contributed by atoms with Gasteiger partial charge in [-0.1, -0.05) is 50.2 Å². The number of hydrogen-bond acceptors (Lipinski definition) is 3. The van der Waals surface area contributed by atoms with Gasteiger partial charge in [-0.05, 0) is 55.4 Å². The smallest absolute Gasteiger partial charge is 0.306 e. The van der Waals surface area contributed by atoms with Crippen LogP contribution in [0.4, 0.5) is 5.69 Å². The predicted molar refractivity (Wildman–Crippen MR) is 121 cm³/mol. The van der Waals surface area contributed by atoms with E-state index in [4.69, 9.17) is 4.74 Å². The molecule has 158 valence electrons. The van der Waals surface area contributed by atoms with Crippen LogP contribution in [0.1, 0.15) is 56.2 Å². The number of carbonyl (C=O) groups excluding carboxylic acids is 2. The predicted octanol–water partition coefficient (Wildman–Crippen LogP) is 5.49. The van der Waals surface area contributed by atoms with Gasteiger partial charge in [0, 0.05) is 29.2 Å². The van der Waals surface area contributed by atoms with Gasteiger partial charge < -0.3 is 15.0 Å². The number of H-pyrrole nitrogens is 1. The van der Waals surface area contributed by atoms with E-state index < -0.39 is 6.10 Å². The molecular weight excluding hydrogens is 376 g/mol. The fraction of sp³-hybridized carbons (Fsp3) is 0.360. The second-order valence-electron chi connectivity index (χ2n) is 8.03. The maximum atomic E-state index is 12.6. The van der Waals surface area contributed by atoms with Crippen LogP contribution in [0.25, 0.3) is 10.9 Å². The molecule has 0 saturated carbocycles. The minimum Gasteiger partial charge on any atom is -0.453 e. The number of aryl methyl sites for hydroxylation is 2. The van der Waals surface area contributed by atoms with Crippen molar-refractivity contribution in [2.75, 3.05) is 5.32 Å². The maximum Gasteiger partial charge on any atom is 0.306 e. The highest BCUT2D eigenvalue weighted by molar-refractivity contribution is 5.96. The first kappa shape index (κ1) is 21.6. The summed E-state index contributed by atoms with van der Waals surface area (Å²) in [5.74, 6) is -0.384. The number of anilines is 1. The molecule has 30 heavy (non-hydrogen) atoms. The van der Waals surface area contributed by atoms with E-state index in [9.17, 15) is 9.59 Å². The Morgan fingerprint density at radius 3 is 2.60 bits per heavy atom. The van der Waals surface area contributed by atoms with E-state index >= 15 is 0 Å². The van der Waals surface area contributed by atoms with E-state index in [0.717, 1.165) is 28.8 Å². The van der Waals surface area contributed by atoms with Crippen LogP contribution < -0.4 is 5.32 Å². The maximum absolute atomic E-state index is 12.6. The average Bonchev–Trinajstić information content (AvgIpc) is 3.12. The monoisotopic (exact) mass is 406 g/mol. The van der Waals surface area contributed by atoms with E-state index in [-0.39, 0.29) is 24.2 Å². The molecule has 2 aromatic carbocycles. The Morgan fingerprint density at radius 1 is 1.07 bits per heavy atom. The average molecular weight is 407 g/mol. The quantitative estimate of drug-likeness (QED) is 0.486. The Bertz CT molecular complexity index is 1040. The van der Waals surface area contributed by atoms with Crippen molar-refractivity contribution >= 4 is 28.5 Å². The summed E-state index contributed by atoms with van der Waals surface area (Å²) in [6, 6.07) is 14.1. The van der Waals surface area contributed by atoms with Gasteiger partial charge in [0.25, 0.3) is 5.91 Å². The molecule has 3 rings (SSSR count). The summed E-state index contributed by atoms with van der Waals surface area (Å²) in [5.41, 5.74) is 5.15. The molecule has 0 fully saturated rings. The standard InChI is InChI=1S/C25H30N2O3/c1-16(2)20-12-7-9-17(3)24(20)27-25(29)18(4)30-23(28)14-8-10-19-15-26-22-13-6-5-11-21(19)22/h5-7,9,11-13,15-16,18,26H,8,10,14H2,1-4H3,(H,27,29)/t18-/m0/s1. The van der Waals surface area contributed by atoms with Crippen molar-refractivity contribution in [2.24, 2.45) is 0 Å². The Kier molecular flexibility index (Phi) is 6.93. The lowest BCUT2D eigenvalue weighted by Crippen LogP contribution is -2.30. The molecule has 0 spiro atoms. The highest BCUT2D eigenvalue weighted by Gasteiger charge is 2.20. The van der Waals surface area contributed by atoms with Crippen molar-refractivity contribution < 1.29 is 14.3 Å². The summed E-state index contributed by atoms with van der Waals surface area (Å²) < 4.78 is 5.37. The van der Waals surface area contributed by atoms with Gasteiger partial charge in [0.2, 0.25) is 0 Å². The number of para-hydroxylation sites is 2. The fourth-order valence-corrected chi connectivity index (χ4v) is 3.64. The van der Waals surface area contributed by atoms with Crippen molar-refractivity contribution in [3.63, 3.8) is 0 Å². The molecule has 1 aromatic heterocycles. The number of nitrogens with one attached hydrogen (secondary N) is 2. The van der Waals surface area contributed by atoms with Crippen molar-refractivity contribution in [1.29, 1.82) is 0 Å². The van der Waals surface area contributed by atoms with Crippen molar-refractivity contribution in [3.8, 4) is 0 Å². The number of aromatic nitrogens is 1. The summed E-state index contributed by atoms with van der Waals surface area (Å²) in [6.07, 6.45) is 2.87. The zero-order valence-electron chi connectivity index (χ0n) is 18.1. The largest absolute Gasteiger partial charge is 0.453 e. The van der Waals surface area contributed by atoms with Gasteiger partial charge in [0.15, 0.2) is 6.10 Å². The molecule has 1 heterocycles. The number of amides is 1. The number of esters is 1. The number of hydrogen-bond donors (Lipinski definition) is 2. The first-order valence-electron chi connectivity index (χ1n) is 10.5. The number of carbonyl (C=O) groups is 2. The molecule has 0 saturated heterocycles. The second kappa shape index (κ2) is 9.61. The van der Waals surface area contributed by atoms with E-state index in [1.54, 1.807) is 6.92 Å². The van der Waals surface area contributed by atoms with Gasteiger partial charge in [0.05, 0.1) is 0 Å². The van der Waals surface area contributed by atoms with E-state index in [2.05, 4.69) is 30.2 Å². The third kappa shape index (κ3) is 5.09. The summed E-state index contributed by atoms with van der Waals surface area (Å²) >= 11 is 0. The molecule has 5 heteroatoms. The molecule has 0 aliphatic rings. The molecule has 1 amide bonds. The lowest BCUT2D eigenvalue weighted by atomic mass is 9.98. The number of benzene rings is 2. The molecule has 0 unspecified atom stereocenters. The first-order chi connectivity index (χ1) is 14.4. The van der Waals surface area contributed by atoms with Crippen LogP contribution >= 0.6 is 0 Å². The lowest BCUT2D eigenvalue weighted by Gasteiger charge is -2.19. The molecule has 0 radical (unpaired) electrons. The van der Waals surface area contributed by atoms with Crippen LogP contribution in [-0.4, -0.2) is 23.0 Å². The van der Waals surface area contributed by atoms with Gasteiger partial charge in [-0.2, -0.15) is 0 Å². The van der Waals surface area contributed by atoms with E-state index in [1.165, 1.54) is 10.9 Å². The van der Waals surface area contributed by atoms with Crippen LogP contribution in [0.2, 0.25) is 0 Å². The first-order valence-corrected chi connectivity index (χ1v) is 10.5. The van der Waals surface area contributed by atoms with Crippen molar-refractivity contribution in [3.05, 3.63) is 65.4 Å². The number of rotatable bonds is 8. The van der Waals surface area contributed by atoms with Crippen LogP contribution in [-0.2, 0) is 20.7 Å². The number of fused-ring (bicyclic) bond motifs is 1. The third-order valence-electron chi connectivity index (χ3n) is 5.35. The molecule has 0 aliphatic heterocycles. The Labute approximate surface area is 177 Å². The summed E-state index contributed by atoms with van der Waals surface area (Å²) in [4.78, 5) is 28.1. The zero-order valence-corrected chi connectivity index (χ0v) is 18.1. The lowest BCUT2D eigenvalue weighted by molar-refractivity contribution is -0.153. The Hall–Kier alpha value is -3.08. The second-order valence-corrected chi connectivity index (χ2v) is 8.03. The topological polar surface area (TPSA) is 71.2 Å². The molecule has 0 bridgehead atoms. The van der Waals surface area contributed by atoms with E-state index in [0.29, 0.717) is 6.42 Å². The normalized spacial score (nSPS) is 12.2. The minimum absolute atomic E-state index is 0.277.